The molecule has 1 saturated heterocycles. The Labute approximate surface area is 96.5 Å². The summed E-state index contributed by atoms with van der Waals surface area (Å²) in [6.45, 7) is 5.61. The van der Waals surface area contributed by atoms with Gasteiger partial charge in [0, 0.05) is 56.6 Å². The number of pyridine rings is 1. The van der Waals surface area contributed by atoms with Crippen molar-refractivity contribution in [2.75, 3.05) is 43.4 Å². The monoisotopic (exact) mass is 223 g/mol. The maximum atomic E-state index is 4.26. The van der Waals surface area contributed by atoms with Crippen LogP contribution in [0.1, 0.15) is 0 Å². The van der Waals surface area contributed by atoms with Crippen molar-refractivity contribution in [2.24, 2.45) is 0 Å². The van der Waals surface area contributed by atoms with E-state index in [0.29, 0.717) is 0 Å². The van der Waals surface area contributed by atoms with Crippen LogP contribution >= 0.6 is 12.6 Å². The van der Waals surface area contributed by atoms with E-state index >= 15 is 0 Å². The molecule has 0 saturated carbocycles. The molecule has 0 radical (unpaired) electrons. The molecule has 3 nitrogen and oxygen atoms in total. The lowest BCUT2D eigenvalue weighted by Gasteiger charge is -2.35. The molecule has 1 aromatic heterocycles. The fourth-order valence-corrected chi connectivity index (χ4v) is 2.21. The van der Waals surface area contributed by atoms with Gasteiger partial charge in [-0.25, -0.2) is 0 Å². The minimum atomic E-state index is 0.954. The first kappa shape index (κ1) is 10.8. The molecular formula is C11H17N3S. The van der Waals surface area contributed by atoms with Crippen LogP contribution in [0.15, 0.2) is 24.5 Å². The molecule has 0 aromatic carbocycles. The Kier molecular flexibility index (Phi) is 3.86. The Balaban J connectivity index is 1.88. The summed E-state index contributed by atoms with van der Waals surface area (Å²) in [6, 6.07) is 4.16. The minimum absolute atomic E-state index is 0.954. The molecule has 1 fully saturated rings. The van der Waals surface area contributed by atoms with Gasteiger partial charge >= 0.3 is 0 Å². The van der Waals surface area contributed by atoms with Gasteiger partial charge in [0.05, 0.1) is 0 Å². The summed E-state index contributed by atoms with van der Waals surface area (Å²) in [7, 11) is 0. The third-order valence-electron chi connectivity index (χ3n) is 2.82. The topological polar surface area (TPSA) is 19.4 Å². The van der Waals surface area contributed by atoms with Gasteiger partial charge in [-0.15, -0.1) is 0 Å². The van der Waals surface area contributed by atoms with Gasteiger partial charge in [-0.3, -0.25) is 9.88 Å². The second-order valence-corrected chi connectivity index (χ2v) is 4.20. The predicted molar refractivity (Wildman–Crippen MR) is 66.7 cm³/mol. The van der Waals surface area contributed by atoms with Crippen LogP contribution in [0.4, 0.5) is 5.69 Å². The summed E-state index contributed by atoms with van der Waals surface area (Å²) in [4.78, 5) is 8.91. The van der Waals surface area contributed by atoms with E-state index in [2.05, 4.69) is 39.5 Å². The van der Waals surface area contributed by atoms with Crippen LogP contribution in [0.3, 0.4) is 0 Å². The van der Waals surface area contributed by atoms with Gasteiger partial charge in [0.25, 0.3) is 0 Å². The maximum absolute atomic E-state index is 4.26. The standard InChI is InChI=1S/C11H17N3S/c15-10-9-13-5-7-14(8-6-13)11-1-3-12-4-2-11/h1-4,15H,5-10H2. The van der Waals surface area contributed by atoms with Gasteiger partial charge in [0.2, 0.25) is 0 Å². The van der Waals surface area contributed by atoms with Crippen LogP contribution in [-0.4, -0.2) is 48.4 Å². The van der Waals surface area contributed by atoms with Gasteiger partial charge in [0.1, 0.15) is 0 Å². The van der Waals surface area contributed by atoms with Crippen LogP contribution in [0.5, 0.6) is 0 Å². The predicted octanol–water partition coefficient (Wildman–Crippen LogP) is 1.13. The zero-order valence-corrected chi connectivity index (χ0v) is 9.74. The van der Waals surface area contributed by atoms with E-state index in [9.17, 15) is 0 Å². The Bertz CT molecular complexity index is 283. The van der Waals surface area contributed by atoms with Crippen molar-refractivity contribution < 1.29 is 0 Å². The maximum Gasteiger partial charge on any atom is 0.0397 e. The Hall–Kier alpha value is -0.740. The van der Waals surface area contributed by atoms with Crippen LogP contribution in [-0.2, 0) is 0 Å². The highest BCUT2D eigenvalue weighted by Crippen LogP contribution is 2.14. The number of rotatable bonds is 3. The lowest BCUT2D eigenvalue weighted by atomic mass is 10.2. The number of hydrogen-bond acceptors (Lipinski definition) is 4. The second kappa shape index (κ2) is 5.37. The quantitative estimate of drug-likeness (QED) is 0.776. The van der Waals surface area contributed by atoms with Gasteiger partial charge in [-0.1, -0.05) is 0 Å². The molecule has 1 aromatic rings. The van der Waals surface area contributed by atoms with Gasteiger partial charge in [0.15, 0.2) is 0 Å². The van der Waals surface area contributed by atoms with Gasteiger partial charge in [-0.2, -0.15) is 12.6 Å². The molecule has 0 aliphatic carbocycles. The van der Waals surface area contributed by atoms with E-state index in [-0.39, 0.29) is 0 Å². The molecule has 0 bridgehead atoms. The third kappa shape index (κ3) is 2.86. The number of hydrogen-bond donors (Lipinski definition) is 1. The third-order valence-corrected chi connectivity index (χ3v) is 3.02. The van der Waals surface area contributed by atoms with Crippen molar-refractivity contribution in [3.05, 3.63) is 24.5 Å². The number of aromatic nitrogens is 1. The second-order valence-electron chi connectivity index (χ2n) is 3.76. The van der Waals surface area contributed by atoms with Crippen molar-refractivity contribution in [1.82, 2.24) is 9.88 Å². The summed E-state index contributed by atoms with van der Waals surface area (Å²) in [5, 5.41) is 0. The fourth-order valence-electron chi connectivity index (χ4n) is 1.93. The van der Waals surface area contributed by atoms with Crippen molar-refractivity contribution in [3.8, 4) is 0 Å². The lowest BCUT2D eigenvalue weighted by Crippen LogP contribution is -2.46. The number of anilines is 1. The molecule has 82 valence electrons. The Morgan fingerprint density at radius 2 is 1.80 bits per heavy atom. The molecule has 2 rings (SSSR count). The average Bonchev–Trinajstić information content (AvgIpc) is 2.32. The minimum Gasteiger partial charge on any atom is -0.369 e. The van der Waals surface area contributed by atoms with Crippen molar-refractivity contribution in [1.29, 1.82) is 0 Å². The zero-order valence-electron chi connectivity index (χ0n) is 8.84. The summed E-state index contributed by atoms with van der Waals surface area (Å²) in [5.74, 6) is 0.954. The van der Waals surface area contributed by atoms with E-state index in [0.717, 1.165) is 38.5 Å². The molecule has 0 amide bonds. The molecule has 4 heteroatoms. The van der Waals surface area contributed by atoms with E-state index in [1.807, 2.05) is 12.4 Å². The van der Waals surface area contributed by atoms with E-state index in [1.165, 1.54) is 5.69 Å². The van der Waals surface area contributed by atoms with E-state index < -0.39 is 0 Å². The van der Waals surface area contributed by atoms with E-state index in [1.54, 1.807) is 0 Å². The molecule has 0 N–H and O–H groups in total. The van der Waals surface area contributed by atoms with Gasteiger partial charge < -0.3 is 4.90 Å². The lowest BCUT2D eigenvalue weighted by molar-refractivity contribution is 0.273. The molecular weight excluding hydrogens is 206 g/mol. The summed E-state index contributed by atoms with van der Waals surface area (Å²) < 4.78 is 0. The summed E-state index contributed by atoms with van der Waals surface area (Å²) in [6.07, 6.45) is 3.71. The highest BCUT2D eigenvalue weighted by Gasteiger charge is 2.15. The van der Waals surface area contributed by atoms with Crippen LogP contribution < -0.4 is 4.90 Å². The normalized spacial score (nSPS) is 18.1. The average molecular weight is 223 g/mol. The molecule has 15 heavy (non-hydrogen) atoms. The molecule has 1 aliphatic rings. The first-order valence-corrected chi connectivity index (χ1v) is 6.01. The van der Waals surface area contributed by atoms with Crippen LogP contribution in [0.2, 0.25) is 0 Å². The number of thiol groups is 1. The first-order valence-electron chi connectivity index (χ1n) is 5.38. The molecule has 0 spiro atoms. The Morgan fingerprint density at radius 3 is 2.40 bits per heavy atom. The van der Waals surface area contributed by atoms with E-state index in [4.69, 9.17) is 0 Å². The number of piperazine rings is 1. The first-order chi connectivity index (χ1) is 7.40. The smallest absolute Gasteiger partial charge is 0.0397 e. The molecule has 2 heterocycles. The van der Waals surface area contributed by atoms with Crippen LogP contribution in [0.25, 0.3) is 0 Å². The molecule has 0 atom stereocenters. The molecule has 1 aliphatic heterocycles. The highest BCUT2D eigenvalue weighted by molar-refractivity contribution is 7.80. The van der Waals surface area contributed by atoms with Crippen LogP contribution in [0, 0.1) is 0 Å². The fraction of sp³-hybridized carbons (Fsp3) is 0.545. The van der Waals surface area contributed by atoms with Crippen molar-refractivity contribution in [2.45, 2.75) is 0 Å². The van der Waals surface area contributed by atoms with Gasteiger partial charge in [-0.05, 0) is 12.1 Å². The zero-order chi connectivity index (χ0) is 10.5. The summed E-state index contributed by atoms with van der Waals surface area (Å²) in [5.41, 5.74) is 1.29. The highest BCUT2D eigenvalue weighted by atomic mass is 32.1. The Morgan fingerprint density at radius 1 is 1.13 bits per heavy atom. The molecule has 0 unspecified atom stereocenters. The summed E-state index contributed by atoms with van der Waals surface area (Å²) >= 11 is 4.26. The SMILES string of the molecule is SCCN1CCN(c2ccncc2)CC1. The largest absolute Gasteiger partial charge is 0.369 e. The van der Waals surface area contributed by atoms with Crippen molar-refractivity contribution in [3.63, 3.8) is 0 Å². The number of nitrogens with zero attached hydrogens (tertiary/aromatic N) is 3. The van der Waals surface area contributed by atoms with Crippen molar-refractivity contribution >= 4 is 18.3 Å².